The molecule has 1 aromatic heterocycles. The van der Waals surface area contributed by atoms with Gasteiger partial charge in [-0.1, -0.05) is 11.6 Å². The maximum atomic E-state index is 12.7. The Kier molecular flexibility index (Phi) is 3.83. The van der Waals surface area contributed by atoms with Gasteiger partial charge >= 0.3 is 10.2 Å². The van der Waals surface area contributed by atoms with Crippen LogP contribution in [0.3, 0.4) is 0 Å². The van der Waals surface area contributed by atoms with E-state index in [4.69, 9.17) is 11.6 Å². The van der Waals surface area contributed by atoms with Crippen molar-refractivity contribution in [3.8, 4) is 0 Å². The van der Waals surface area contributed by atoms with Gasteiger partial charge in [-0.15, -0.1) is 0 Å². The number of piperazine rings is 1. The smallest absolute Gasteiger partial charge is 0.304 e. The molecule has 1 aromatic carbocycles. The number of hydrogen-bond donors (Lipinski definition) is 2. The SMILES string of the molecule is O=C1NS(=O)(=O)N2CCN(C(=O)c3cc4cc(Br)c(Cl)cc4[nH]3)CC12. The molecule has 4 rings (SSSR count). The predicted molar refractivity (Wildman–Crippen MR) is 94.5 cm³/mol. The molecular formula is C14H12BrClN4O4S. The Labute approximate surface area is 156 Å². The summed E-state index contributed by atoms with van der Waals surface area (Å²) in [5, 5.41) is 1.34. The number of aromatic nitrogens is 1. The Morgan fingerprint density at radius 1 is 1.28 bits per heavy atom. The molecular weight excluding hydrogens is 436 g/mol. The van der Waals surface area contributed by atoms with E-state index in [0.29, 0.717) is 10.7 Å². The summed E-state index contributed by atoms with van der Waals surface area (Å²) in [6.45, 7) is 0.308. The van der Waals surface area contributed by atoms with Crippen LogP contribution >= 0.6 is 27.5 Å². The van der Waals surface area contributed by atoms with Gasteiger partial charge in [-0.25, -0.2) is 4.72 Å². The highest BCUT2D eigenvalue weighted by Crippen LogP contribution is 2.29. The standard InChI is InChI=1S/C14H12BrClN4O4S/c15-8-3-7-4-11(17-10(7)5-9(8)16)14(22)19-1-2-20-12(6-19)13(21)18-25(20,23)24/h3-5,12,17H,1-2,6H2,(H,18,21). The van der Waals surface area contributed by atoms with Gasteiger partial charge in [0.1, 0.15) is 11.7 Å². The Morgan fingerprint density at radius 2 is 2.04 bits per heavy atom. The van der Waals surface area contributed by atoms with Crippen molar-refractivity contribution >= 4 is 60.5 Å². The normalized spacial score (nSPS) is 22.9. The van der Waals surface area contributed by atoms with Crippen LogP contribution in [0.1, 0.15) is 10.5 Å². The first-order valence-electron chi connectivity index (χ1n) is 7.37. The van der Waals surface area contributed by atoms with E-state index in [2.05, 4.69) is 20.9 Å². The van der Waals surface area contributed by atoms with Gasteiger partial charge in [0.25, 0.3) is 11.8 Å². The molecule has 1 atom stereocenters. The Morgan fingerprint density at radius 3 is 2.80 bits per heavy atom. The first-order chi connectivity index (χ1) is 11.8. The fourth-order valence-corrected chi connectivity index (χ4v) is 4.97. The summed E-state index contributed by atoms with van der Waals surface area (Å²) in [7, 11) is -3.77. The van der Waals surface area contributed by atoms with Gasteiger partial charge in [0.2, 0.25) is 0 Å². The van der Waals surface area contributed by atoms with Gasteiger partial charge in [0, 0.05) is 35.0 Å². The fourth-order valence-electron chi connectivity index (χ4n) is 3.12. The largest absolute Gasteiger partial charge is 0.350 e. The van der Waals surface area contributed by atoms with Gasteiger partial charge < -0.3 is 9.88 Å². The molecule has 2 aliphatic rings. The van der Waals surface area contributed by atoms with Gasteiger partial charge in [0.05, 0.1) is 5.02 Å². The number of benzene rings is 1. The van der Waals surface area contributed by atoms with Crippen molar-refractivity contribution in [2.75, 3.05) is 19.6 Å². The zero-order valence-electron chi connectivity index (χ0n) is 12.6. The molecule has 2 fully saturated rings. The number of amides is 2. The van der Waals surface area contributed by atoms with E-state index in [-0.39, 0.29) is 25.5 Å². The van der Waals surface area contributed by atoms with E-state index < -0.39 is 22.2 Å². The lowest BCUT2D eigenvalue weighted by molar-refractivity contribution is -0.122. The Hall–Kier alpha value is -1.62. The summed E-state index contributed by atoms with van der Waals surface area (Å²) < 4.78 is 27.4. The maximum absolute atomic E-state index is 12.7. The second kappa shape index (κ2) is 5.70. The molecule has 0 radical (unpaired) electrons. The number of carbonyl (C=O) groups is 2. The van der Waals surface area contributed by atoms with Crippen LogP contribution in [0.5, 0.6) is 0 Å². The molecule has 132 valence electrons. The second-order valence-electron chi connectivity index (χ2n) is 5.89. The zero-order valence-corrected chi connectivity index (χ0v) is 15.8. The van der Waals surface area contributed by atoms with Crippen LogP contribution in [0.15, 0.2) is 22.7 Å². The molecule has 2 aliphatic heterocycles. The van der Waals surface area contributed by atoms with E-state index in [1.54, 1.807) is 18.2 Å². The van der Waals surface area contributed by atoms with Crippen molar-refractivity contribution in [2.24, 2.45) is 0 Å². The van der Waals surface area contributed by atoms with Crippen molar-refractivity contribution in [1.82, 2.24) is 18.9 Å². The molecule has 8 nitrogen and oxygen atoms in total. The number of halogens is 2. The van der Waals surface area contributed by atoms with Crippen molar-refractivity contribution < 1.29 is 18.0 Å². The third-order valence-corrected chi connectivity index (χ3v) is 7.06. The number of nitrogens with zero attached hydrogens (tertiary/aromatic N) is 2. The zero-order chi connectivity index (χ0) is 17.9. The molecule has 11 heteroatoms. The summed E-state index contributed by atoms with van der Waals surface area (Å²) in [6, 6.07) is 4.35. The first kappa shape index (κ1) is 16.8. The average Bonchev–Trinajstić information content (AvgIpc) is 3.05. The first-order valence-corrected chi connectivity index (χ1v) is 9.98. The van der Waals surface area contributed by atoms with Crippen LogP contribution in [-0.2, 0) is 15.0 Å². The van der Waals surface area contributed by atoms with Gasteiger partial charge in [0.15, 0.2) is 0 Å². The van der Waals surface area contributed by atoms with Crippen LogP contribution in [0.4, 0.5) is 0 Å². The van der Waals surface area contributed by atoms with Gasteiger partial charge in [-0.2, -0.15) is 12.7 Å². The van der Waals surface area contributed by atoms with Crippen LogP contribution in [0.2, 0.25) is 5.02 Å². The van der Waals surface area contributed by atoms with E-state index in [1.165, 1.54) is 4.90 Å². The number of carbonyl (C=O) groups excluding carboxylic acids is 2. The molecule has 25 heavy (non-hydrogen) atoms. The van der Waals surface area contributed by atoms with E-state index in [1.807, 2.05) is 4.72 Å². The van der Waals surface area contributed by atoms with Crippen molar-refractivity contribution in [3.05, 3.63) is 33.4 Å². The lowest BCUT2D eigenvalue weighted by atomic mass is 10.2. The molecule has 2 saturated heterocycles. The monoisotopic (exact) mass is 446 g/mol. The summed E-state index contributed by atoms with van der Waals surface area (Å²) in [4.78, 5) is 29.1. The number of rotatable bonds is 1. The molecule has 0 bridgehead atoms. The highest BCUT2D eigenvalue weighted by atomic mass is 79.9. The molecule has 2 amide bonds. The lowest BCUT2D eigenvalue weighted by Gasteiger charge is -2.33. The molecule has 0 spiro atoms. The van der Waals surface area contributed by atoms with E-state index in [0.717, 1.165) is 19.7 Å². The van der Waals surface area contributed by atoms with Crippen LogP contribution in [0, 0.1) is 0 Å². The van der Waals surface area contributed by atoms with E-state index >= 15 is 0 Å². The number of fused-ring (bicyclic) bond motifs is 2. The van der Waals surface area contributed by atoms with Crippen molar-refractivity contribution in [3.63, 3.8) is 0 Å². The number of nitrogens with one attached hydrogen (secondary N) is 2. The summed E-state index contributed by atoms with van der Waals surface area (Å²) in [5.74, 6) is -0.898. The van der Waals surface area contributed by atoms with Crippen molar-refractivity contribution in [2.45, 2.75) is 6.04 Å². The summed E-state index contributed by atoms with van der Waals surface area (Å²) in [5.41, 5.74) is 1.08. The predicted octanol–water partition coefficient (Wildman–Crippen LogP) is 1.08. The molecule has 0 saturated carbocycles. The fraction of sp³-hybridized carbons (Fsp3) is 0.286. The number of hydrogen-bond acceptors (Lipinski definition) is 4. The molecule has 2 aromatic rings. The minimum Gasteiger partial charge on any atom is -0.350 e. The molecule has 3 heterocycles. The quantitative estimate of drug-likeness (QED) is 0.683. The topological polar surface area (TPSA) is 103 Å². The summed E-state index contributed by atoms with van der Waals surface area (Å²) in [6.07, 6.45) is 0. The number of aromatic amines is 1. The van der Waals surface area contributed by atoms with Crippen molar-refractivity contribution in [1.29, 1.82) is 0 Å². The van der Waals surface area contributed by atoms with Gasteiger partial charge in [-0.3, -0.25) is 9.59 Å². The summed E-state index contributed by atoms with van der Waals surface area (Å²) >= 11 is 9.40. The maximum Gasteiger partial charge on any atom is 0.304 e. The highest BCUT2D eigenvalue weighted by Gasteiger charge is 2.47. The third kappa shape index (κ3) is 2.73. The van der Waals surface area contributed by atoms with Gasteiger partial charge in [-0.05, 0) is 34.1 Å². The van der Waals surface area contributed by atoms with Crippen LogP contribution in [0.25, 0.3) is 10.9 Å². The molecule has 1 unspecified atom stereocenters. The molecule has 2 N–H and O–H groups in total. The second-order valence-corrected chi connectivity index (χ2v) is 8.77. The molecule has 0 aliphatic carbocycles. The Bertz CT molecular complexity index is 982. The highest BCUT2D eigenvalue weighted by molar-refractivity contribution is 9.10. The Balaban J connectivity index is 1.61. The minimum absolute atomic E-state index is 0.0176. The van der Waals surface area contributed by atoms with E-state index in [9.17, 15) is 18.0 Å². The van der Waals surface area contributed by atoms with Crippen LogP contribution in [-0.4, -0.2) is 60.1 Å². The third-order valence-electron chi connectivity index (χ3n) is 4.35. The minimum atomic E-state index is -3.77. The average molecular weight is 448 g/mol. The number of H-pyrrole nitrogens is 1. The lowest BCUT2D eigenvalue weighted by Crippen LogP contribution is -2.54. The van der Waals surface area contributed by atoms with Crippen LogP contribution < -0.4 is 4.72 Å².